The van der Waals surface area contributed by atoms with Gasteiger partial charge in [-0.1, -0.05) is 13.8 Å². The zero-order valence-electron chi connectivity index (χ0n) is 21.0. The lowest BCUT2D eigenvalue weighted by Gasteiger charge is -2.34. The Morgan fingerprint density at radius 3 is 2.56 bits per heavy atom. The van der Waals surface area contributed by atoms with Crippen molar-refractivity contribution in [2.75, 3.05) is 7.05 Å². The predicted octanol–water partition coefficient (Wildman–Crippen LogP) is 5.52. The second-order valence-corrected chi connectivity index (χ2v) is 10.2. The van der Waals surface area contributed by atoms with Gasteiger partial charge in [0.25, 0.3) is 0 Å². The van der Waals surface area contributed by atoms with Gasteiger partial charge in [-0.3, -0.25) is 9.78 Å². The van der Waals surface area contributed by atoms with Gasteiger partial charge in [0.2, 0.25) is 5.91 Å². The summed E-state index contributed by atoms with van der Waals surface area (Å²) in [6, 6.07) is 4.72. The number of carbonyl (C=O) groups is 1. The number of carbonyl (C=O) groups excluding carboxylic acids is 1. The number of nitrogens with one attached hydrogen (secondary N) is 1. The van der Waals surface area contributed by atoms with Gasteiger partial charge in [0, 0.05) is 48.9 Å². The standard InChI is InChI=1S/C27H34N6O/c1-15(2)24-25(21-13-33-27(28-14-29-33)17(4)16(21)3)31-23-12-11-22(30-26(23)24)19-7-9-20(10-8-19)32(6)18(5)34/h11-15,19-20,31H,7-10H2,1-6H3. The van der Waals surface area contributed by atoms with Crippen molar-refractivity contribution in [1.29, 1.82) is 0 Å². The molecule has 1 saturated carbocycles. The molecule has 1 fully saturated rings. The quantitative estimate of drug-likeness (QED) is 0.437. The molecule has 7 heteroatoms. The molecule has 0 bridgehead atoms. The van der Waals surface area contributed by atoms with Gasteiger partial charge in [-0.15, -0.1) is 0 Å². The van der Waals surface area contributed by atoms with E-state index in [-0.39, 0.29) is 5.91 Å². The number of rotatable bonds is 4. The summed E-state index contributed by atoms with van der Waals surface area (Å²) < 4.78 is 1.86. The fourth-order valence-corrected chi connectivity index (χ4v) is 5.57. The molecule has 1 N–H and O–H groups in total. The molecule has 1 amide bonds. The third-order valence-corrected chi connectivity index (χ3v) is 7.83. The van der Waals surface area contributed by atoms with Crippen LogP contribution in [-0.2, 0) is 4.79 Å². The number of H-pyrrole nitrogens is 1. The van der Waals surface area contributed by atoms with Gasteiger partial charge in [0.1, 0.15) is 6.33 Å². The highest BCUT2D eigenvalue weighted by atomic mass is 16.2. The average molecular weight is 459 g/mol. The van der Waals surface area contributed by atoms with E-state index in [1.807, 2.05) is 16.5 Å². The highest BCUT2D eigenvalue weighted by Gasteiger charge is 2.28. The topological polar surface area (TPSA) is 79.2 Å². The Morgan fingerprint density at radius 2 is 1.88 bits per heavy atom. The van der Waals surface area contributed by atoms with Gasteiger partial charge in [0.05, 0.1) is 16.7 Å². The smallest absolute Gasteiger partial charge is 0.219 e. The number of aromatic amines is 1. The van der Waals surface area contributed by atoms with Crippen LogP contribution in [0.1, 0.15) is 80.7 Å². The molecule has 178 valence electrons. The van der Waals surface area contributed by atoms with Crippen LogP contribution >= 0.6 is 0 Å². The van der Waals surface area contributed by atoms with E-state index in [0.717, 1.165) is 59.2 Å². The molecule has 34 heavy (non-hydrogen) atoms. The summed E-state index contributed by atoms with van der Waals surface area (Å²) in [6.45, 7) is 10.4. The monoisotopic (exact) mass is 458 g/mol. The van der Waals surface area contributed by atoms with Gasteiger partial charge in [-0.05, 0) is 68.7 Å². The fraction of sp³-hybridized carbons (Fsp3) is 0.481. The highest BCUT2D eigenvalue weighted by Crippen LogP contribution is 2.39. The van der Waals surface area contributed by atoms with Crippen LogP contribution in [0.25, 0.3) is 27.9 Å². The summed E-state index contributed by atoms with van der Waals surface area (Å²) in [5.41, 5.74) is 10.1. The van der Waals surface area contributed by atoms with Crippen LogP contribution in [0.15, 0.2) is 24.7 Å². The molecule has 7 nitrogen and oxygen atoms in total. The van der Waals surface area contributed by atoms with Crippen molar-refractivity contribution in [3.8, 4) is 11.3 Å². The van der Waals surface area contributed by atoms with Crippen LogP contribution < -0.4 is 0 Å². The Labute approximate surface area is 200 Å². The summed E-state index contributed by atoms with van der Waals surface area (Å²) >= 11 is 0. The molecular formula is C27H34N6O. The molecule has 1 aliphatic rings. The molecule has 0 unspecified atom stereocenters. The molecule has 4 heterocycles. The molecule has 0 spiro atoms. The van der Waals surface area contributed by atoms with Crippen LogP contribution in [0.5, 0.6) is 0 Å². The minimum absolute atomic E-state index is 0.152. The fourth-order valence-electron chi connectivity index (χ4n) is 5.57. The Bertz CT molecular complexity index is 1370. The van der Waals surface area contributed by atoms with Gasteiger partial charge in [-0.25, -0.2) is 9.50 Å². The molecule has 0 aromatic carbocycles. The maximum absolute atomic E-state index is 11.8. The number of pyridine rings is 2. The average Bonchev–Trinajstić information content (AvgIpc) is 3.45. The lowest BCUT2D eigenvalue weighted by molar-refractivity contribution is -0.130. The van der Waals surface area contributed by atoms with Crippen LogP contribution in [-0.4, -0.2) is 48.5 Å². The maximum Gasteiger partial charge on any atom is 0.219 e. The van der Waals surface area contributed by atoms with E-state index >= 15 is 0 Å². The molecule has 4 aromatic rings. The lowest BCUT2D eigenvalue weighted by Crippen LogP contribution is -2.37. The zero-order valence-corrected chi connectivity index (χ0v) is 21.0. The van der Waals surface area contributed by atoms with Crippen LogP contribution in [0, 0.1) is 13.8 Å². The van der Waals surface area contributed by atoms with Crippen molar-refractivity contribution in [2.24, 2.45) is 0 Å². The second kappa shape index (κ2) is 8.53. The first-order valence-electron chi connectivity index (χ1n) is 12.3. The number of hydrogen-bond acceptors (Lipinski definition) is 4. The van der Waals surface area contributed by atoms with Crippen LogP contribution in [0.2, 0.25) is 0 Å². The van der Waals surface area contributed by atoms with Crippen LogP contribution in [0.3, 0.4) is 0 Å². The SMILES string of the molecule is CC(=O)N(C)C1CCC(c2ccc3[nH]c(-c4cn5ncnc5c(C)c4C)c(C(C)C)c3n2)CC1. The minimum Gasteiger partial charge on any atom is -0.353 e. The summed E-state index contributed by atoms with van der Waals surface area (Å²) in [5, 5.41) is 4.39. The van der Waals surface area contributed by atoms with Crippen molar-refractivity contribution in [3.63, 3.8) is 0 Å². The summed E-state index contributed by atoms with van der Waals surface area (Å²) in [4.78, 5) is 27.0. The van der Waals surface area contributed by atoms with Gasteiger partial charge >= 0.3 is 0 Å². The van der Waals surface area contributed by atoms with E-state index in [1.165, 1.54) is 16.8 Å². The Morgan fingerprint density at radius 1 is 1.15 bits per heavy atom. The van der Waals surface area contributed by atoms with Gasteiger partial charge in [-0.2, -0.15) is 5.10 Å². The lowest BCUT2D eigenvalue weighted by atomic mass is 9.83. The number of aryl methyl sites for hydroxylation is 1. The third kappa shape index (κ3) is 3.67. The molecule has 1 aliphatic carbocycles. The summed E-state index contributed by atoms with van der Waals surface area (Å²) in [7, 11) is 1.92. The molecule has 0 saturated heterocycles. The Balaban J connectivity index is 1.54. The summed E-state index contributed by atoms with van der Waals surface area (Å²) in [6.07, 6.45) is 7.89. The Kier molecular flexibility index (Phi) is 5.66. The molecule has 4 aromatic heterocycles. The van der Waals surface area contributed by atoms with Gasteiger partial charge in [0.15, 0.2) is 5.65 Å². The molecular weight excluding hydrogens is 424 g/mol. The van der Waals surface area contributed by atoms with E-state index in [9.17, 15) is 4.79 Å². The Hall–Kier alpha value is -3.22. The molecule has 0 atom stereocenters. The van der Waals surface area contributed by atoms with E-state index in [0.29, 0.717) is 17.9 Å². The van der Waals surface area contributed by atoms with Crippen molar-refractivity contribution in [2.45, 2.75) is 78.2 Å². The van der Waals surface area contributed by atoms with Crippen molar-refractivity contribution in [3.05, 3.63) is 47.0 Å². The summed E-state index contributed by atoms with van der Waals surface area (Å²) in [5.74, 6) is 0.909. The zero-order chi connectivity index (χ0) is 24.1. The van der Waals surface area contributed by atoms with E-state index in [4.69, 9.17) is 4.98 Å². The van der Waals surface area contributed by atoms with Crippen LogP contribution in [0.4, 0.5) is 0 Å². The first-order chi connectivity index (χ1) is 16.3. The van der Waals surface area contributed by atoms with E-state index < -0.39 is 0 Å². The highest BCUT2D eigenvalue weighted by molar-refractivity contribution is 5.89. The third-order valence-electron chi connectivity index (χ3n) is 7.83. The number of fused-ring (bicyclic) bond motifs is 2. The predicted molar refractivity (Wildman–Crippen MR) is 135 cm³/mol. The van der Waals surface area contributed by atoms with E-state index in [1.54, 1.807) is 13.3 Å². The van der Waals surface area contributed by atoms with Crippen molar-refractivity contribution in [1.82, 2.24) is 29.5 Å². The first-order valence-corrected chi connectivity index (χ1v) is 12.3. The number of nitrogens with zero attached hydrogens (tertiary/aromatic N) is 5. The minimum atomic E-state index is 0.152. The van der Waals surface area contributed by atoms with Gasteiger partial charge < -0.3 is 9.88 Å². The van der Waals surface area contributed by atoms with E-state index in [2.05, 4.69) is 61.1 Å². The maximum atomic E-state index is 11.8. The number of hydrogen-bond donors (Lipinski definition) is 1. The molecule has 0 aliphatic heterocycles. The number of aromatic nitrogens is 5. The van der Waals surface area contributed by atoms with Crippen molar-refractivity contribution >= 4 is 22.6 Å². The molecule has 5 rings (SSSR count). The first kappa shape index (κ1) is 22.6. The normalized spacial score (nSPS) is 18.8. The van der Waals surface area contributed by atoms with Crippen molar-refractivity contribution < 1.29 is 4.79 Å². The largest absolute Gasteiger partial charge is 0.353 e. The number of amides is 1. The second-order valence-electron chi connectivity index (χ2n) is 10.2. The molecule has 0 radical (unpaired) electrons.